The molecule has 84 valence electrons. The number of nitrogens with zero attached hydrogens (tertiary/aromatic N) is 2. The summed E-state index contributed by atoms with van der Waals surface area (Å²) >= 11 is 0. The van der Waals surface area contributed by atoms with Crippen LogP contribution < -0.4 is 5.32 Å². The highest BCUT2D eigenvalue weighted by Gasteiger charge is 2.16. The average molecular weight is 207 g/mol. The number of aryl methyl sites for hydroxylation is 1. The van der Waals surface area contributed by atoms with E-state index in [-0.39, 0.29) is 5.41 Å². The first-order valence-electron chi connectivity index (χ1n) is 5.53. The Morgan fingerprint density at radius 1 is 1.27 bits per heavy atom. The third-order valence-electron chi connectivity index (χ3n) is 2.16. The summed E-state index contributed by atoms with van der Waals surface area (Å²) < 4.78 is 0. The van der Waals surface area contributed by atoms with Crippen molar-refractivity contribution in [2.24, 2.45) is 0 Å². The summed E-state index contributed by atoms with van der Waals surface area (Å²) in [5.74, 6) is 1.77. The average Bonchev–Trinajstić information content (AvgIpc) is 2.12. The molecule has 3 heteroatoms. The van der Waals surface area contributed by atoms with E-state index in [9.17, 15) is 0 Å². The second-order valence-electron chi connectivity index (χ2n) is 4.86. The molecule has 1 aromatic rings. The minimum absolute atomic E-state index is 0.0797. The molecule has 0 aromatic carbocycles. The van der Waals surface area contributed by atoms with Crippen LogP contribution in [0.4, 0.5) is 5.82 Å². The molecule has 1 heterocycles. The van der Waals surface area contributed by atoms with Crippen molar-refractivity contribution in [1.82, 2.24) is 9.97 Å². The van der Waals surface area contributed by atoms with Gasteiger partial charge in [-0.05, 0) is 13.3 Å². The molecule has 0 spiro atoms. The first-order valence-corrected chi connectivity index (χ1v) is 5.53. The van der Waals surface area contributed by atoms with E-state index in [2.05, 4.69) is 43.0 Å². The lowest BCUT2D eigenvalue weighted by Gasteiger charge is -2.19. The molecule has 0 aliphatic rings. The monoisotopic (exact) mass is 207 g/mol. The quantitative estimate of drug-likeness (QED) is 0.828. The van der Waals surface area contributed by atoms with Gasteiger partial charge >= 0.3 is 0 Å². The first-order chi connectivity index (χ1) is 6.93. The lowest BCUT2D eigenvalue weighted by molar-refractivity contribution is 0.564. The van der Waals surface area contributed by atoms with Crippen molar-refractivity contribution >= 4 is 5.82 Å². The van der Waals surface area contributed by atoms with Crippen LogP contribution in [0.1, 0.15) is 45.6 Å². The maximum atomic E-state index is 4.46. The van der Waals surface area contributed by atoms with Gasteiger partial charge in [0.05, 0.1) is 5.69 Å². The minimum Gasteiger partial charge on any atom is -0.370 e. The standard InChI is InChI=1S/C12H21N3/c1-6-7-13-11-8-10(12(3,4)5)14-9(2)15-11/h8H,6-7H2,1-5H3,(H,13,14,15). The Morgan fingerprint density at radius 2 is 1.93 bits per heavy atom. The minimum atomic E-state index is 0.0797. The molecule has 0 unspecified atom stereocenters. The fourth-order valence-corrected chi connectivity index (χ4v) is 1.30. The van der Waals surface area contributed by atoms with Gasteiger partial charge in [0.1, 0.15) is 11.6 Å². The van der Waals surface area contributed by atoms with Gasteiger partial charge < -0.3 is 5.32 Å². The van der Waals surface area contributed by atoms with Gasteiger partial charge in [0.25, 0.3) is 0 Å². The molecule has 0 atom stereocenters. The van der Waals surface area contributed by atoms with Crippen molar-refractivity contribution in [3.8, 4) is 0 Å². The highest BCUT2D eigenvalue weighted by Crippen LogP contribution is 2.21. The van der Waals surface area contributed by atoms with Crippen LogP contribution in [-0.4, -0.2) is 16.5 Å². The maximum absolute atomic E-state index is 4.46. The van der Waals surface area contributed by atoms with Gasteiger partial charge in [0, 0.05) is 18.0 Å². The summed E-state index contributed by atoms with van der Waals surface area (Å²) in [6, 6.07) is 2.04. The summed E-state index contributed by atoms with van der Waals surface area (Å²) in [5, 5.41) is 3.30. The summed E-state index contributed by atoms with van der Waals surface area (Å²) in [6.45, 7) is 11.5. The zero-order valence-corrected chi connectivity index (χ0v) is 10.4. The van der Waals surface area contributed by atoms with Gasteiger partial charge in [0.2, 0.25) is 0 Å². The molecular weight excluding hydrogens is 186 g/mol. The van der Waals surface area contributed by atoms with Gasteiger partial charge in [-0.3, -0.25) is 0 Å². The van der Waals surface area contributed by atoms with E-state index in [0.29, 0.717) is 0 Å². The van der Waals surface area contributed by atoms with Crippen molar-refractivity contribution in [2.45, 2.75) is 46.5 Å². The van der Waals surface area contributed by atoms with E-state index < -0.39 is 0 Å². The summed E-state index contributed by atoms with van der Waals surface area (Å²) in [5.41, 5.74) is 1.17. The van der Waals surface area contributed by atoms with E-state index in [1.165, 1.54) is 0 Å². The van der Waals surface area contributed by atoms with Crippen LogP contribution in [0.5, 0.6) is 0 Å². The number of anilines is 1. The van der Waals surface area contributed by atoms with E-state index in [0.717, 1.165) is 30.3 Å². The number of hydrogen-bond donors (Lipinski definition) is 1. The van der Waals surface area contributed by atoms with Gasteiger partial charge in [-0.25, -0.2) is 9.97 Å². The fourth-order valence-electron chi connectivity index (χ4n) is 1.30. The van der Waals surface area contributed by atoms with Crippen molar-refractivity contribution in [3.05, 3.63) is 17.6 Å². The Bertz CT molecular complexity index is 326. The zero-order valence-electron chi connectivity index (χ0n) is 10.4. The van der Waals surface area contributed by atoms with Gasteiger partial charge in [-0.2, -0.15) is 0 Å². The van der Waals surface area contributed by atoms with Crippen LogP contribution in [0.3, 0.4) is 0 Å². The normalized spacial score (nSPS) is 11.5. The molecule has 1 aromatic heterocycles. The lowest BCUT2D eigenvalue weighted by Crippen LogP contribution is -2.16. The molecule has 0 aliphatic carbocycles. The second-order valence-corrected chi connectivity index (χ2v) is 4.86. The summed E-state index contributed by atoms with van der Waals surface area (Å²) in [7, 11) is 0. The molecule has 0 radical (unpaired) electrons. The second kappa shape index (κ2) is 4.60. The van der Waals surface area contributed by atoms with Crippen LogP contribution in [0.2, 0.25) is 0 Å². The number of nitrogens with one attached hydrogen (secondary N) is 1. The third-order valence-corrected chi connectivity index (χ3v) is 2.16. The third kappa shape index (κ3) is 3.50. The number of rotatable bonds is 3. The van der Waals surface area contributed by atoms with Crippen LogP contribution in [-0.2, 0) is 5.41 Å². The molecular formula is C12H21N3. The molecule has 0 fully saturated rings. The van der Waals surface area contributed by atoms with Crippen molar-refractivity contribution < 1.29 is 0 Å². The van der Waals surface area contributed by atoms with Crippen LogP contribution >= 0.6 is 0 Å². The number of hydrogen-bond acceptors (Lipinski definition) is 3. The van der Waals surface area contributed by atoms with Crippen LogP contribution in [0, 0.1) is 6.92 Å². The van der Waals surface area contributed by atoms with E-state index in [4.69, 9.17) is 0 Å². The van der Waals surface area contributed by atoms with E-state index in [1.54, 1.807) is 0 Å². The Kier molecular flexibility index (Phi) is 3.66. The molecule has 1 rings (SSSR count). The molecule has 0 bridgehead atoms. The molecule has 0 amide bonds. The summed E-state index contributed by atoms with van der Waals surface area (Å²) in [4.78, 5) is 8.82. The van der Waals surface area contributed by atoms with Crippen molar-refractivity contribution in [1.29, 1.82) is 0 Å². The Labute approximate surface area is 92.3 Å². The number of aromatic nitrogens is 2. The Hall–Kier alpha value is -1.12. The molecule has 0 saturated heterocycles. The fraction of sp³-hybridized carbons (Fsp3) is 0.667. The van der Waals surface area contributed by atoms with Gasteiger partial charge in [0.15, 0.2) is 0 Å². The lowest BCUT2D eigenvalue weighted by atomic mass is 9.92. The van der Waals surface area contributed by atoms with E-state index >= 15 is 0 Å². The highest BCUT2D eigenvalue weighted by molar-refractivity contribution is 5.37. The van der Waals surface area contributed by atoms with Gasteiger partial charge in [-0.1, -0.05) is 27.7 Å². The Balaban J connectivity index is 2.95. The highest BCUT2D eigenvalue weighted by atomic mass is 15.0. The van der Waals surface area contributed by atoms with Crippen LogP contribution in [0.15, 0.2) is 6.07 Å². The molecule has 15 heavy (non-hydrogen) atoms. The van der Waals surface area contributed by atoms with Crippen molar-refractivity contribution in [2.75, 3.05) is 11.9 Å². The molecule has 1 N–H and O–H groups in total. The molecule has 0 aliphatic heterocycles. The molecule has 0 saturated carbocycles. The largest absolute Gasteiger partial charge is 0.370 e. The predicted octanol–water partition coefficient (Wildman–Crippen LogP) is 2.90. The predicted molar refractivity (Wildman–Crippen MR) is 64.2 cm³/mol. The topological polar surface area (TPSA) is 37.8 Å². The van der Waals surface area contributed by atoms with Gasteiger partial charge in [-0.15, -0.1) is 0 Å². The maximum Gasteiger partial charge on any atom is 0.129 e. The van der Waals surface area contributed by atoms with Crippen LogP contribution in [0.25, 0.3) is 0 Å². The Morgan fingerprint density at radius 3 is 2.47 bits per heavy atom. The first kappa shape index (κ1) is 12.0. The molecule has 3 nitrogen and oxygen atoms in total. The van der Waals surface area contributed by atoms with Crippen molar-refractivity contribution in [3.63, 3.8) is 0 Å². The smallest absolute Gasteiger partial charge is 0.129 e. The summed E-state index contributed by atoms with van der Waals surface area (Å²) in [6.07, 6.45) is 1.11. The SMILES string of the molecule is CCCNc1cc(C(C)(C)C)nc(C)n1. The van der Waals surface area contributed by atoms with E-state index in [1.807, 2.05) is 13.0 Å². The zero-order chi connectivity index (χ0) is 11.5.